The van der Waals surface area contributed by atoms with Crippen LogP contribution in [-0.2, 0) is 23.3 Å². The first-order chi connectivity index (χ1) is 11.8. The Hall–Kier alpha value is -1.49. The molecule has 5 heteroatoms. The van der Waals surface area contributed by atoms with Crippen molar-refractivity contribution in [3.05, 3.63) is 23.3 Å². The van der Waals surface area contributed by atoms with Crippen molar-refractivity contribution in [3.63, 3.8) is 0 Å². The highest BCUT2D eigenvalue weighted by Gasteiger charge is 2.28. The lowest BCUT2D eigenvalue weighted by molar-refractivity contribution is -0.132. The number of rotatable bonds is 4. The molecule has 2 aliphatic rings. The normalized spacial score (nSPS) is 19.8. The molecule has 1 saturated heterocycles. The third-order valence-corrected chi connectivity index (χ3v) is 5.47. The van der Waals surface area contributed by atoms with Gasteiger partial charge in [-0.3, -0.25) is 4.79 Å². The van der Waals surface area contributed by atoms with Crippen LogP contribution >= 0.6 is 0 Å². The number of fused-ring (bicyclic) bond motifs is 1. The zero-order valence-corrected chi connectivity index (χ0v) is 16.2. The molecule has 1 aromatic rings. The lowest BCUT2D eigenvalue weighted by Gasteiger charge is -2.32. The van der Waals surface area contributed by atoms with Gasteiger partial charge in [-0.2, -0.15) is 0 Å². The first-order valence-electron chi connectivity index (χ1n) is 9.71. The number of nitrogens with zero attached hydrogens (tertiary/aromatic N) is 4. The predicted octanol–water partition coefficient (Wildman–Crippen LogP) is 3.27. The fourth-order valence-electron chi connectivity index (χ4n) is 3.72. The van der Waals surface area contributed by atoms with E-state index in [4.69, 9.17) is 4.98 Å². The van der Waals surface area contributed by atoms with Gasteiger partial charge in [-0.25, -0.2) is 9.97 Å². The molecule has 0 aliphatic carbocycles. The number of hydrogen-bond acceptors (Lipinski definition) is 4. The van der Waals surface area contributed by atoms with Gasteiger partial charge in [-0.05, 0) is 39.3 Å². The van der Waals surface area contributed by atoms with E-state index in [2.05, 4.69) is 37.6 Å². The molecule has 2 aliphatic heterocycles. The molecule has 1 atom stereocenters. The molecule has 1 amide bonds. The fraction of sp³-hybridized carbons (Fsp3) is 0.750. The van der Waals surface area contributed by atoms with Gasteiger partial charge in [-0.15, -0.1) is 0 Å². The van der Waals surface area contributed by atoms with E-state index in [1.165, 1.54) is 32.4 Å². The SMILES string of the molecule is CC(CCC(=O)N1Cc2cnc(C(C)(C)C)nc2C1)N1CCCCC1. The second kappa shape index (κ2) is 7.40. The third-order valence-electron chi connectivity index (χ3n) is 5.47. The van der Waals surface area contributed by atoms with E-state index in [0.29, 0.717) is 25.6 Å². The zero-order chi connectivity index (χ0) is 18.0. The molecule has 3 heterocycles. The molecular weight excluding hydrogens is 312 g/mol. The van der Waals surface area contributed by atoms with E-state index >= 15 is 0 Å². The predicted molar refractivity (Wildman–Crippen MR) is 99.1 cm³/mol. The minimum Gasteiger partial charge on any atom is -0.332 e. The Balaban J connectivity index is 1.53. The summed E-state index contributed by atoms with van der Waals surface area (Å²) in [6.07, 6.45) is 7.44. The summed E-state index contributed by atoms with van der Waals surface area (Å²) in [5, 5.41) is 0. The standard InChI is InChI=1S/C20H32N4O/c1-15(23-10-6-5-7-11-23)8-9-18(25)24-13-16-12-21-19(20(2,3)4)22-17(16)14-24/h12,15H,5-11,13-14H2,1-4H3. The second-order valence-electron chi connectivity index (χ2n) is 8.65. The van der Waals surface area contributed by atoms with Crippen molar-refractivity contribution in [2.75, 3.05) is 13.1 Å². The van der Waals surface area contributed by atoms with Crippen LogP contribution < -0.4 is 0 Å². The van der Waals surface area contributed by atoms with Crippen LogP contribution in [0.25, 0.3) is 0 Å². The minimum atomic E-state index is -0.0592. The number of aromatic nitrogens is 2. The van der Waals surface area contributed by atoms with E-state index in [0.717, 1.165) is 23.5 Å². The molecule has 25 heavy (non-hydrogen) atoms. The quantitative estimate of drug-likeness (QED) is 0.841. The number of piperidine rings is 1. The largest absolute Gasteiger partial charge is 0.332 e. The summed E-state index contributed by atoms with van der Waals surface area (Å²) in [6, 6.07) is 0.501. The highest BCUT2D eigenvalue weighted by Crippen LogP contribution is 2.25. The first-order valence-corrected chi connectivity index (χ1v) is 9.71. The molecule has 0 bridgehead atoms. The Morgan fingerprint density at radius 2 is 1.92 bits per heavy atom. The van der Waals surface area contributed by atoms with Crippen LogP contribution in [0.15, 0.2) is 6.20 Å². The molecule has 3 rings (SSSR count). The van der Waals surface area contributed by atoms with E-state index < -0.39 is 0 Å². The van der Waals surface area contributed by atoms with Gasteiger partial charge < -0.3 is 9.80 Å². The van der Waals surface area contributed by atoms with Gasteiger partial charge >= 0.3 is 0 Å². The Morgan fingerprint density at radius 3 is 2.60 bits per heavy atom. The summed E-state index contributed by atoms with van der Waals surface area (Å²) in [7, 11) is 0. The van der Waals surface area contributed by atoms with E-state index in [-0.39, 0.29) is 11.3 Å². The van der Waals surface area contributed by atoms with Crippen LogP contribution in [0.4, 0.5) is 0 Å². The van der Waals surface area contributed by atoms with Crippen LogP contribution in [0.5, 0.6) is 0 Å². The molecule has 0 aromatic carbocycles. The molecular formula is C20H32N4O. The first kappa shape index (κ1) is 18.3. The van der Waals surface area contributed by atoms with Gasteiger partial charge in [0, 0.05) is 36.2 Å². The van der Waals surface area contributed by atoms with E-state index in [9.17, 15) is 4.79 Å². The zero-order valence-electron chi connectivity index (χ0n) is 16.2. The molecule has 138 valence electrons. The van der Waals surface area contributed by atoms with Gasteiger partial charge in [-0.1, -0.05) is 27.2 Å². The van der Waals surface area contributed by atoms with Crippen molar-refractivity contribution in [1.82, 2.24) is 19.8 Å². The number of hydrogen-bond donors (Lipinski definition) is 0. The lowest BCUT2D eigenvalue weighted by Crippen LogP contribution is -2.38. The van der Waals surface area contributed by atoms with E-state index in [1.54, 1.807) is 0 Å². The van der Waals surface area contributed by atoms with Crippen molar-refractivity contribution in [2.24, 2.45) is 0 Å². The summed E-state index contributed by atoms with van der Waals surface area (Å²) >= 11 is 0. The maximum Gasteiger partial charge on any atom is 0.223 e. The average Bonchev–Trinajstić information content (AvgIpc) is 3.02. The van der Waals surface area contributed by atoms with Gasteiger partial charge in [0.25, 0.3) is 0 Å². The number of carbonyl (C=O) groups excluding carboxylic acids is 1. The fourth-order valence-corrected chi connectivity index (χ4v) is 3.72. The Morgan fingerprint density at radius 1 is 1.20 bits per heavy atom. The Bertz CT molecular complexity index is 617. The van der Waals surface area contributed by atoms with Crippen LogP contribution in [0.2, 0.25) is 0 Å². The molecule has 0 N–H and O–H groups in total. The van der Waals surface area contributed by atoms with E-state index in [1.807, 2.05) is 11.1 Å². The molecule has 0 saturated carbocycles. The van der Waals surface area contributed by atoms with Crippen LogP contribution in [0.1, 0.15) is 76.9 Å². The Kier molecular flexibility index (Phi) is 5.42. The van der Waals surface area contributed by atoms with Crippen LogP contribution in [-0.4, -0.2) is 44.8 Å². The number of amides is 1. The summed E-state index contributed by atoms with van der Waals surface area (Å²) < 4.78 is 0. The molecule has 1 unspecified atom stereocenters. The highest BCUT2D eigenvalue weighted by molar-refractivity contribution is 5.76. The van der Waals surface area contributed by atoms with Gasteiger partial charge in [0.05, 0.1) is 12.2 Å². The second-order valence-corrected chi connectivity index (χ2v) is 8.65. The smallest absolute Gasteiger partial charge is 0.223 e. The maximum absolute atomic E-state index is 12.6. The average molecular weight is 345 g/mol. The van der Waals surface area contributed by atoms with Crippen molar-refractivity contribution in [2.45, 2.75) is 84.3 Å². The maximum atomic E-state index is 12.6. The molecule has 1 fully saturated rings. The van der Waals surface area contributed by atoms with Gasteiger partial charge in [0.1, 0.15) is 5.82 Å². The minimum absolute atomic E-state index is 0.0592. The summed E-state index contributed by atoms with van der Waals surface area (Å²) in [5.74, 6) is 1.11. The Labute approximate surface area is 151 Å². The third kappa shape index (κ3) is 4.38. The highest BCUT2D eigenvalue weighted by atomic mass is 16.2. The summed E-state index contributed by atoms with van der Waals surface area (Å²) in [5.41, 5.74) is 2.07. The van der Waals surface area contributed by atoms with Crippen molar-refractivity contribution < 1.29 is 4.79 Å². The molecule has 0 spiro atoms. The monoisotopic (exact) mass is 344 g/mol. The van der Waals surface area contributed by atoms with Gasteiger partial charge in [0.15, 0.2) is 0 Å². The summed E-state index contributed by atoms with van der Waals surface area (Å²) in [6.45, 7) is 12.3. The topological polar surface area (TPSA) is 49.3 Å². The molecule has 5 nitrogen and oxygen atoms in total. The number of carbonyl (C=O) groups is 1. The molecule has 0 radical (unpaired) electrons. The number of likely N-dealkylation sites (tertiary alicyclic amines) is 1. The van der Waals surface area contributed by atoms with Crippen LogP contribution in [0.3, 0.4) is 0 Å². The van der Waals surface area contributed by atoms with Crippen molar-refractivity contribution in [3.8, 4) is 0 Å². The van der Waals surface area contributed by atoms with Crippen molar-refractivity contribution >= 4 is 5.91 Å². The van der Waals surface area contributed by atoms with Gasteiger partial charge in [0.2, 0.25) is 5.91 Å². The lowest BCUT2D eigenvalue weighted by atomic mass is 9.95. The molecule has 1 aromatic heterocycles. The van der Waals surface area contributed by atoms with Crippen molar-refractivity contribution in [1.29, 1.82) is 0 Å². The van der Waals surface area contributed by atoms with Crippen LogP contribution in [0, 0.1) is 0 Å². The summed E-state index contributed by atoms with van der Waals surface area (Å²) in [4.78, 5) is 26.3.